The van der Waals surface area contributed by atoms with Gasteiger partial charge >= 0.3 is 0 Å². The van der Waals surface area contributed by atoms with Crippen molar-refractivity contribution in [3.63, 3.8) is 0 Å². The number of ether oxygens (including phenoxy) is 1. The van der Waals surface area contributed by atoms with E-state index in [0.717, 1.165) is 0 Å². The largest absolute Gasteiger partial charge is 0.496 e. The highest BCUT2D eigenvalue weighted by Crippen LogP contribution is 2.22. The lowest BCUT2D eigenvalue weighted by atomic mass is 10.1. The number of benzene rings is 1. The van der Waals surface area contributed by atoms with Crippen LogP contribution in [0.4, 0.5) is 4.39 Å². The molecule has 0 heterocycles. The van der Waals surface area contributed by atoms with E-state index in [1.165, 1.54) is 24.1 Å². The molecule has 0 aliphatic carbocycles. The molecule has 0 bridgehead atoms. The van der Waals surface area contributed by atoms with Crippen LogP contribution in [0.15, 0.2) is 18.2 Å². The minimum Gasteiger partial charge on any atom is -0.496 e. The first-order valence-corrected chi connectivity index (χ1v) is 6.16. The van der Waals surface area contributed by atoms with Crippen molar-refractivity contribution in [3.05, 3.63) is 29.6 Å². The molecule has 4 nitrogen and oxygen atoms in total. The molecule has 19 heavy (non-hydrogen) atoms. The average molecular weight is 284 g/mol. The van der Waals surface area contributed by atoms with Gasteiger partial charge in [0.25, 0.3) is 5.91 Å². The van der Waals surface area contributed by atoms with Gasteiger partial charge < -0.3 is 15.4 Å². The zero-order chi connectivity index (χ0) is 14.6. The Bertz CT molecular complexity index is 494. The summed E-state index contributed by atoms with van der Waals surface area (Å²) >= 11 is 4.86. The van der Waals surface area contributed by atoms with Gasteiger partial charge in [0.1, 0.15) is 17.1 Å². The molecule has 0 fully saturated rings. The number of thiocarbonyl (C=S) groups is 1. The number of carbonyl (C=O) groups excluding carboxylic acids is 1. The number of nitrogens with two attached hydrogens (primary N) is 1. The molecule has 1 unspecified atom stereocenters. The third-order valence-corrected chi connectivity index (χ3v) is 3.19. The fourth-order valence-corrected chi connectivity index (χ4v) is 1.73. The van der Waals surface area contributed by atoms with Crippen LogP contribution in [0.1, 0.15) is 17.3 Å². The van der Waals surface area contributed by atoms with Crippen LogP contribution in [0.25, 0.3) is 0 Å². The van der Waals surface area contributed by atoms with Crippen molar-refractivity contribution in [3.8, 4) is 5.75 Å². The number of nitrogens with zero attached hydrogens (tertiary/aromatic N) is 1. The number of carbonyl (C=O) groups is 1. The predicted molar refractivity (Wildman–Crippen MR) is 75.9 cm³/mol. The Labute approximate surface area is 117 Å². The van der Waals surface area contributed by atoms with Crippen molar-refractivity contribution in [2.45, 2.75) is 6.92 Å². The zero-order valence-corrected chi connectivity index (χ0v) is 12.0. The average Bonchev–Trinajstić information content (AvgIpc) is 2.37. The SMILES string of the molecule is COc1cccc(F)c1C(=O)N(C)CC(C)C(N)=S. The maximum Gasteiger partial charge on any atom is 0.260 e. The molecule has 1 aromatic rings. The fraction of sp³-hybridized carbons (Fsp3) is 0.385. The summed E-state index contributed by atoms with van der Waals surface area (Å²) in [5, 5.41) is 0. The molecular weight excluding hydrogens is 267 g/mol. The molecule has 0 aliphatic rings. The fourth-order valence-electron chi connectivity index (χ4n) is 1.66. The van der Waals surface area contributed by atoms with Gasteiger partial charge in [0, 0.05) is 19.5 Å². The Morgan fingerprint density at radius 3 is 2.74 bits per heavy atom. The van der Waals surface area contributed by atoms with E-state index >= 15 is 0 Å². The molecule has 0 saturated carbocycles. The molecule has 104 valence electrons. The first-order chi connectivity index (χ1) is 8.88. The van der Waals surface area contributed by atoms with Crippen molar-refractivity contribution in [1.29, 1.82) is 0 Å². The summed E-state index contributed by atoms with van der Waals surface area (Å²) in [7, 11) is 2.96. The Kier molecular flexibility index (Phi) is 5.23. The smallest absolute Gasteiger partial charge is 0.260 e. The molecule has 1 aromatic carbocycles. The molecule has 0 saturated heterocycles. The minimum absolute atomic E-state index is 0.0809. The molecule has 0 aromatic heterocycles. The first kappa shape index (κ1) is 15.4. The maximum atomic E-state index is 13.8. The van der Waals surface area contributed by atoms with Gasteiger partial charge in [-0.1, -0.05) is 25.2 Å². The zero-order valence-electron chi connectivity index (χ0n) is 11.1. The summed E-state index contributed by atoms with van der Waals surface area (Å²) in [4.78, 5) is 13.9. The first-order valence-electron chi connectivity index (χ1n) is 5.75. The summed E-state index contributed by atoms with van der Waals surface area (Å²) < 4.78 is 18.8. The highest BCUT2D eigenvalue weighted by molar-refractivity contribution is 7.80. The van der Waals surface area contributed by atoms with Gasteiger partial charge in [-0.05, 0) is 12.1 Å². The topological polar surface area (TPSA) is 55.6 Å². The van der Waals surface area contributed by atoms with Crippen LogP contribution in [0, 0.1) is 11.7 Å². The molecular formula is C13H17FN2O2S. The standard InChI is InChI=1S/C13H17FN2O2S/c1-8(12(15)19)7-16(2)13(17)11-9(14)5-4-6-10(11)18-3/h4-6,8H,7H2,1-3H3,(H2,15,19). The number of rotatable bonds is 5. The van der Waals surface area contributed by atoms with Crippen molar-refractivity contribution >= 4 is 23.1 Å². The summed E-state index contributed by atoms with van der Waals surface area (Å²) in [5.41, 5.74) is 5.42. The minimum atomic E-state index is -0.612. The lowest BCUT2D eigenvalue weighted by Crippen LogP contribution is -2.36. The van der Waals surface area contributed by atoms with Gasteiger partial charge in [-0.2, -0.15) is 0 Å². The van der Waals surface area contributed by atoms with Crippen molar-refractivity contribution in [2.75, 3.05) is 20.7 Å². The Morgan fingerprint density at radius 1 is 1.58 bits per heavy atom. The second-order valence-corrected chi connectivity index (χ2v) is 4.78. The molecule has 1 amide bonds. The van der Waals surface area contributed by atoms with E-state index in [1.54, 1.807) is 13.1 Å². The van der Waals surface area contributed by atoms with Crippen LogP contribution in [0.3, 0.4) is 0 Å². The van der Waals surface area contributed by atoms with E-state index in [9.17, 15) is 9.18 Å². The summed E-state index contributed by atoms with van der Waals surface area (Å²) in [6.45, 7) is 2.14. The third-order valence-electron chi connectivity index (χ3n) is 2.79. The second kappa shape index (κ2) is 6.47. The summed E-state index contributed by atoms with van der Waals surface area (Å²) in [6.07, 6.45) is 0. The van der Waals surface area contributed by atoms with Crippen LogP contribution >= 0.6 is 12.2 Å². The van der Waals surface area contributed by atoms with E-state index in [0.29, 0.717) is 11.5 Å². The van der Waals surface area contributed by atoms with Crippen LogP contribution in [0.5, 0.6) is 5.75 Å². The number of methoxy groups -OCH3 is 1. The quantitative estimate of drug-likeness (QED) is 0.838. The van der Waals surface area contributed by atoms with Gasteiger partial charge in [-0.15, -0.1) is 0 Å². The normalized spacial score (nSPS) is 11.8. The van der Waals surface area contributed by atoms with Gasteiger partial charge in [0.05, 0.1) is 12.1 Å². The lowest BCUT2D eigenvalue weighted by molar-refractivity contribution is 0.0778. The Hall–Kier alpha value is -1.69. The van der Waals surface area contributed by atoms with Gasteiger partial charge in [0.15, 0.2) is 0 Å². The maximum absolute atomic E-state index is 13.8. The Morgan fingerprint density at radius 2 is 2.21 bits per heavy atom. The monoisotopic (exact) mass is 284 g/mol. The number of halogens is 1. The molecule has 1 rings (SSSR count). The van der Waals surface area contributed by atoms with Crippen LogP contribution in [-0.4, -0.2) is 36.5 Å². The van der Waals surface area contributed by atoms with Gasteiger partial charge in [-0.25, -0.2) is 4.39 Å². The number of amides is 1. The number of hydrogen-bond acceptors (Lipinski definition) is 3. The van der Waals surface area contributed by atoms with Crippen LogP contribution in [0.2, 0.25) is 0 Å². The van der Waals surface area contributed by atoms with E-state index < -0.39 is 11.7 Å². The van der Waals surface area contributed by atoms with Gasteiger partial charge in [-0.3, -0.25) is 4.79 Å². The van der Waals surface area contributed by atoms with Crippen molar-refractivity contribution in [2.24, 2.45) is 11.7 Å². The lowest BCUT2D eigenvalue weighted by Gasteiger charge is -2.22. The van der Waals surface area contributed by atoms with E-state index in [-0.39, 0.29) is 17.2 Å². The molecule has 6 heteroatoms. The number of hydrogen-bond donors (Lipinski definition) is 1. The van der Waals surface area contributed by atoms with Crippen LogP contribution in [-0.2, 0) is 0 Å². The van der Waals surface area contributed by atoms with Gasteiger partial charge in [0.2, 0.25) is 0 Å². The van der Waals surface area contributed by atoms with Crippen molar-refractivity contribution in [1.82, 2.24) is 4.90 Å². The highest BCUT2D eigenvalue weighted by Gasteiger charge is 2.22. The van der Waals surface area contributed by atoms with E-state index in [1.807, 2.05) is 6.92 Å². The highest BCUT2D eigenvalue weighted by atomic mass is 32.1. The predicted octanol–water partition coefficient (Wildman–Crippen LogP) is 1.83. The molecule has 1 atom stereocenters. The Balaban J connectivity index is 2.97. The van der Waals surface area contributed by atoms with Crippen molar-refractivity contribution < 1.29 is 13.9 Å². The van der Waals surface area contributed by atoms with Crippen LogP contribution < -0.4 is 10.5 Å². The molecule has 0 aliphatic heterocycles. The van der Waals surface area contributed by atoms with E-state index in [4.69, 9.17) is 22.7 Å². The third kappa shape index (κ3) is 3.64. The molecule has 2 N–H and O–H groups in total. The second-order valence-electron chi connectivity index (χ2n) is 4.31. The molecule has 0 radical (unpaired) electrons. The summed E-state index contributed by atoms with van der Waals surface area (Å²) in [5.74, 6) is -1.00. The molecule has 0 spiro atoms. The summed E-state index contributed by atoms with van der Waals surface area (Å²) in [6, 6.07) is 4.25. The van der Waals surface area contributed by atoms with E-state index in [2.05, 4.69) is 0 Å².